The van der Waals surface area contributed by atoms with Crippen LogP contribution in [0.3, 0.4) is 0 Å². The minimum absolute atomic E-state index is 0.451. The van der Waals surface area contributed by atoms with Crippen LogP contribution in [-0.2, 0) is 6.54 Å². The molecule has 9 rings (SSSR count). The number of hydrogen-bond acceptors (Lipinski definition) is 2. The van der Waals surface area contributed by atoms with Gasteiger partial charge in [0.1, 0.15) is 0 Å². The van der Waals surface area contributed by atoms with E-state index < -0.39 is 0 Å². The third-order valence-corrected chi connectivity index (χ3v) is 10.3. The molecule has 0 amide bonds. The standard InChI is InChI=1S/C52H39N5/c1-37-17-15-16-32-56(48-25-12-9-22-45(37)48)43-33-42(34-44(35-43)57-49-26-13-10-23-46(49)47-24-11-14-27-50(47)57)51(53-2)55-52(41-20-7-4-8-21-41)54-36-38-28-30-40(31-29-38)39-18-5-3-6-19-39/h3-35H,1-2,36H2/b17-15-,32-16-,54-52-,55-51-. The van der Waals surface area contributed by atoms with Gasteiger partial charge in [-0.3, -0.25) is 4.99 Å². The Morgan fingerprint density at radius 1 is 0.544 bits per heavy atom. The maximum atomic E-state index is 5.20. The first-order valence-electron chi connectivity index (χ1n) is 19.0. The molecule has 0 aliphatic carbocycles. The third kappa shape index (κ3) is 7.06. The van der Waals surface area contributed by atoms with Gasteiger partial charge in [0.05, 0.1) is 23.3 Å². The number of nitrogens with zero attached hydrogens (tertiary/aromatic N) is 5. The van der Waals surface area contributed by atoms with Crippen LogP contribution in [0.2, 0.25) is 0 Å². The number of rotatable bonds is 7. The molecule has 7 aromatic carbocycles. The first kappa shape index (κ1) is 35.1. The van der Waals surface area contributed by atoms with E-state index in [0.29, 0.717) is 18.2 Å². The summed E-state index contributed by atoms with van der Waals surface area (Å²) in [5.41, 5.74) is 12.3. The van der Waals surface area contributed by atoms with E-state index >= 15 is 0 Å². The van der Waals surface area contributed by atoms with Crippen LogP contribution in [0, 0.1) is 0 Å². The molecule has 1 aliphatic rings. The number of hydrogen-bond donors (Lipinski definition) is 0. The summed E-state index contributed by atoms with van der Waals surface area (Å²) >= 11 is 0. The highest BCUT2D eigenvalue weighted by Gasteiger charge is 2.19. The number of amidine groups is 2. The van der Waals surface area contributed by atoms with Crippen LogP contribution in [0.25, 0.3) is 44.2 Å². The van der Waals surface area contributed by atoms with Crippen LogP contribution in [0.1, 0.15) is 22.3 Å². The second-order valence-electron chi connectivity index (χ2n) is 13.9. The number of allylic oxidation sites excluding steroid dienone is 4. The molecule has 2 heterocycles. The van der Waals surface area contributed by atoms with Crippen molar-refractivity contribution in [3.63, 3.8) is 0 Å². The third-order valence-electron chi connectivity index (χ3n) is 10.3. The average Bonchev–Trinajstić information content (AvgIpc) is 3.61. The summed E-state index contributed by atoms with van der Waals surface area (Å²) in [4.78, 5) is 17.1. The highest BCUT2D eigenvalue weighted by Crippen LogP contribution is 2.38. The number of anilines is 2. The second kappa shape index (κ2) is 15.6. The van der Waals surface area contributed by atoms with Crippen molar-refractivity contribution < 1.29 is 0 Å². The van der Waals surface area contributed by atoms with Gasteiger partial charge in [-0.25, -0.2) is 9.98 Å². The van der Waals surface area contributed by atoms with Crippen LogP contribution >= 0.6 is 0 Å². The van der Waals surface area contributed by atoms with Gasteiger partial charge in [-0.15, -0.1) is 0 Å². The van der Waals surface area contributed by atoms with Crippen molar-refractivity contribution in [1.82, 2.24) is 4.57 Å². The molecule has 272 valence electrons. The van der Waals surface area contributed by atoms with E-state index in [2.05, 4.69) is 173 Å². The van der Waals surface area contributed by atoms with Crippen LogP contribution in [-0.4, -0.2) is 23.0 Å². The lowest BCUT2D eigenvalue weighted by Crippen LogP contribution is -2.13. The predicted molar refractivity (Wildman–Crippen MR) is 241 cm³/mol. The molecule has 1 aromatic heterocycles. The minimum Gasteiger partial charge on any atom is -0.316 e. The smallest absolute Gasteiger partial charge is 0.161 e. The van der Waals surface area contributed by atoms with Crippen molar-refractivity contribution in [2.45, 2.75) is 6.54 Å². The zero-order valence-corrected chi connectivity index (χ0v) is 31.4. The zero-order valence-electron chi connectivity index (χ0n) is 31.4. The predicted octanol–water partition coefficient (Wildman–Crippen LogP) is 12.8. The number of benzene rings is 7. The van der Waals surface area contributed by atoms with Crippen molar-refractivity contribution in [2.24, 2.45) is 15.0 Å². The molecule has 5 heteroatoms. The van der Waals surface area contributed by atoms with Crippen LogP contribution in [0.5, 0.6) is 0 Å². The summed E-state index contributed by atoms with van der Waals surface area (Å²) in [7, 11) is 0. The van der Waals surface area contributed by atoms with Gasteiger partial charge in [0.2, 0.25) is 0 Å². The maximum Gasteiger partial charge on any atom is 0.161 e. The Morgan fingerprint density at radius 2 is 1.16 bits per heavy atom. The first-order chi connectivity index (χ1) is 28.1. The van der Waals surface area contributed by atoms with E-state index in [9.17, 15) is 0 Å². The summed E-state index contributed by atoms with van der Waals surface area (Å²) in [5, 5.41) is 2.37. The fourth-order valence-electron chi connectivity index (χ4n) is 7.52. The fourth-order valence-corrected chi connectivity index (χ4v) is 7.52. The minimum atomic E-state index is 0.451. The summed E-state index contributed by atoms with van der Waals surface area (Å²) in [6.45, 7) is 8.89. The van der Waals surface area contributed by atoms with Crippen molar-refractivity contribution in [1.29, 1.82) is 0 Å². The quantitative estimate of drug-likeness (QED) is 0.119. The molecule has 1 aliphatic heterocycles. The Hall–Kier alpha value is -7.63. The van der Waals surface area contributed by atoms with E-state index in [1.165, 1.54) is 21.9 Å². The molecule has 0 radical (unpaired) electrons. The van der Waals surface area contributed by atoms with E-state index in [1.807, 2.05) is 54.6 Å². The van der Waals surface area contributed by atoms with Gasteiger partial charge in [0, 0.05) is 45.0 Å². The monoisotopic (exact) mass is 733 g/mol. The lowest BCUT2D eigenvalue weighted by molar-refractivity contribution is 1.06. The Labute approximate surface area is 333 Å². The van der Waals surface area contributed by atoms with E-state index in [0.717, 1.165) is 55.9 Å². The topological polar surface area (TPSA) is 45.2 Å². The van der Waals surface area contributed by atoms with Crippen LogP contribution < -0.4 is 4.90 Å². The number of para-hydroxylation sites is 3. The molecule has 0 spiro atoms. The van der Waals surface area contributed by atoms with Gasteiger partial charge in [-0.1, -0.05) is 158 Å². The number of aromatic nitrogens is 1. The van der Waals surface area contributed by atoms with Gasteiger partial charge in [-0.2, -0.15) is 0 Å². The molecule has 0 saturated carbocycles. The van der Waals surface area contributed by atoms with Crippen molar-refractivity contribution in [3.05, 3.63) is 229 Å². The molecule has 5 nitrogen and oxygen atoms in total. The van der Waals surface area contributed by atoms with Crippen LogP contribution in [0.4, 0.5) is 11.4 Å². The summed E-state index contributed by atoms with van der Waals surface area (Å²) < 4.78 is 2.32. The zero-order chi connectivity index (χ0) is 38.6. The normalized spacial score (nSPS) is 14.2. The molecular weight excluding hydrogens is 695 g/mol. The molecule has 8 aromatic rings. The van der Waals surface area contributed by atoms with Gasteiger partial charge in [0.25, 0.3) is 0 Å². The van der Waals surface area contributed by atoms with Crippen molar-refractivity contribution >= 4 is 57.1 Å². The first-order valence-corrected chi connectivity index (χ1v) is 19.0. The van der Waals surface area contributed by atoms with E-state index in [-0.39, 0.29) is 0 Å². The highest BCUT2D eigenvalue weighted by atomic mass is 15.1. The Balaban J connectivity index is 1.21. The highest BCUT2D eigenvalue weighted by molar-refractivity contribution is 6.14. The van der Waals surface area contributed by atoms with Crippen molar-refractivity contribution in [3.8, 4) is 16.8 Å². The largest absolute Gasteiger partial charge is 0.316 e. The summed E-state index contributed by atoms with van der Waals surface area (Å²) in [6, 6.07) is 61.0. The lowest BCUT2D eigenvalue weighted by atomic mass is 10.0. The molecule has 57 heavy (non-hydrogen) atoms. The Morgan fingerprint density at radius 3 is 1.88 bits per heavy atom. The fraction of sp³-hybridized carbons (Fsp3) is 0.0192. The molecular formula is C52H39N5. The molecule has 0 unspecified atom stereocenters. The van der Waals surface area contributed by atoms with Gasteiger partial charge in [0.15, 0.2) is 11.7 Å². The molecule has 0 fully saturated rings. The van der Waals surface area contributed by atoms with Crippen molar-refractivity contribution in [2.75, 3.05) is 4.90 Å². The SMILES string of the molecule is C=N/C(=N\C(=N/Cc1ccc(-c2ccccc2)cc1)c1ccccc1)c1cc(N2/C=C\C=C/C(=C)c3ccccc32)cc(-n2c3ccccc3c3ccccc32)c1. The summed E-state index contributed by atoms with van der Waals surface area (Å²) in [5.74, 6) is 1.04. The second-order valence-corrected chi connectivity index (χ2v) is 13.9. The van der Waals surface area contributed by atoms with E-state index in [1.54, 1.807) is 0 Å². The van der Waals surface area contributed by atoms with Gasteiger partial charge >= 0.3 is 0 Å². The molecule has 0 bridgehead atoms. The average molecular weight is 734 g/mol. The number of fused-ring (bicyclic) bond motifs is 4. The van der Waals surface area contributed by atoms with Gasteiger partial charge in [-0.05, 0) is 71.5 Å². The van der Waals surface area contributed by atoms with Crippen LogP contribution in [0.15, 0.2) is 222 Å². The number of aliphatic imine (C=N–C) groups is 3. The summed E-state index contributed by atoms with van der Waals surface area (Å²) in [6.07, 6.45) is 8.20. The lowest BCUT2D eigenvalue weighted by Gasteiger charge is -2.26. The molecule has 0 N–H and O–H groups in total. The molecule has 0 atom stereocenters. The maximum absolute atomic E-state index is 5.20. The Kier molecular flexibility index (Phi) is 9.61. The molecule has 0 saturated heterocycles. The van der Waals surface area contributed by atoms with E-state index in [4.69, 9.17) is 9.98 Å². The van der Waals surface area contributed by atoms with Gasteiger partial charge < -0.3 is 9.47 Å². The Bertz CT molecular complexity index is 2840.